The van der Waals surface area contributed by atoms with Gasteiger partial charge in [0.25, 0.3) is 5.91 Å². The maximum Gasteiger partial charge on any atom is 0.264 e. The molecule has 0 unspecified atom stereocenters. The monoisotopic (exact) mass is 453 g/mol. The lowest BCUT2D eigenvalue weighted by Crippen LogP contribution is -2.20. The number of thioether (sulfide) groups is 1. The standard InChI is InChI=1S/C21H19N5O3S2/c1-2-14-8-10-16(11-9-14)28-12-17(27)22-20-25-26-21(31-20)30-13-18-23-24-19(29-18)15-6-4-3-5-7-15/h3-11H,2,12-13H2,1H3,(H,22,25,27). The maximum absolute atomic E-state index is 12.1. The molecule has 0 saturated heterocycles. The molecule has 0 atom stereocenters. The van der Waals surface area contributed by atoms with Crippen LogP contribution in [0.3, 0.4) is 0 Å². The number of nitrogens with one attached hydrogen (secondary N) is 1. The van der Waals surface area contributed by atoms with Crippen LogP contribution in [0.4, 0.5) is 5.13 Å². The van der Waals surface area contributed by atoms with Gasteiger partial charge in [-0.1, -0.05) is 60.4 Å². The zero-order valence-corrected chi connectivity index (χ0v) is 18.3. The number of carbonyl (C=O) groups excluding carboxylic acids is 1. The summed E-state index contributed by atoms with van der Waals surface area (Å²) in [5, 5.41) is 19.3. The number of anilines is 1. The van der Waals surface area contributed by atoms with E-state index in [1.165, 1.54) is 28.7 Å². The number of ether oxygens (including phenoxy) is 1. The molecule has 2 aromatic heterocycles. The number of aryl methyl sites for hydroxylation is 1. The van der Waals surface area contributed by atoms with E-state index in [9.17, 15) is 4.79 Å². The van der Waals surface area contributed by atoms with Gasteiger partial charge in [-0.25, -0.2) is 0 Å². The molecule has 2 aromatic carbocycles. The van der Waals surface area contributed by atoms with Gasteiger partial charge in [0.1, 0.15) is 5.75 Å². The first kappa shape index (κ1) is 21.0. The highest BCUT2D eigenvalue weighted by Gasteiger charge is 2.12. The summed E-state index contributed by atoms with van der Waals surface area (Å²) < 4.78 is 11.9. The number of hydrogen-bond acceptors (Lipinski definition) is 9. The van der Waals surface area contributed by atoms with Gasteiger partial charge in [0.05, 0.1) is 5.75 Å². The molecular weight excluding hydrogens is 434 g/mol. The molecule has 0 aliphatic heterocycles. The molecule has 158 valence electrons. The Morgan fingerprint density at radius 2 is 1.87 bits per heavy atom. The van der Waals surface area contributed by atoms with Crippen molar-refractivity contribution in [3.8, 4) is 17.2 Å². The fraction of sp³-hybridized carbons (Fsp3) is 0.190. The van der Waals surface area contributed by atoms with E-state index in [1.54, 1.807) is 0 Å². The number of rotatable bonds is 9. The van der Waals surface area contributed by atoms with Gasteiger partial charge in [0.15, 0.2) is 10.9 Å². The lowest BCUT2D eigenvalue weighted by Gasteiger charge is -2.06. The van der Waals surface area contributed by atoms with Gasteiger partial charge in [0.2, 0.25) is 16.9 Å². The fourth-order valence-electron chi connectivity index (χ4n) is 2.58. The highest BCUT2D eigenvalue weighted by atomic mass is 32.2. The van der Waals surface area contributed by atoms with Crippen molar-refractivity contribution in [3.05, 3.63) is 66.1 Å². The van der Waals surface area contributed by atoms with E-state index < -0.39 is 0 Å². The Kier molecular flexibility index (Phi) is 6.90. The first-order chi connectivity index (χ1) is 15.2. The third-order valence-electron chi connectivity index (χ3n) is 4.16. The minimum atomic E-state index is -0.295. The lowest BCUT2D eigenvalue weighted by molar-refractivity contribution is -0.118. The molecule has 8 nitrogen and oxygen atoms in total. The van der Waals surface area contributed by atoms with Crippen LogP contribution in [0.5, 0.6) is 5.75 Å². The van der Waals surface area contributed by atoms with Gasteiger partial charge < -0.3 is 9.15 Å². The van der Waals surface area contributed by atoms with Crippen LogP contribution >= 0.6 is 23.1 Å². The molecule has 0 aliphatic rings. The van der Waals surface area contributed by atoms with E-state index in [-0.39, 0.29) is 12.5 Å². The Labute approximate surface area is 187 Å². The normalized spacial score (nSPS) is 10.7. The first-order valence-electron chi connectivity index (χ1n) is 9.55. The molecule has 0 radical (unpaired) electrons. The Morgan fingerprint density at radius 1 is 1.06 bits per heavy atom. The Bertz CT molecular complexity index is 1130. The van der Waals surface area contributed by atoms with Crippen molar-refractivity contribution in [1.82, 2.24) is 20.4 Å². The SMILES string of the molecule is CCc1ccc(OCC(=O)Nc2nnc(SCc3nnc(-c4ccccc4)o3)s2)cc1. The maximum atomic E-state index is 12.1. The Morgan fingerprint density at radius 3 is 2.65 bits per heavy atom. The van der Waals surface area contributed by atoms with Gasteiger partial charge in [-0.15, -0.1) is 20.4 Å². The van der Waals surface area contributed by atoms with E-state index in [1.807, 2.05) is 54.6 Å². The van der Waals surface area contributed by atoms with Crippen molar-refractivity contribution in [3.63, 3.8) is 0 Å². The van der Waals surface area contributed by atoms with Crippen LogP contribution in [0.1, 0.15) is 18.4 Å². The topological polar surface area (TPSA) is 103 Å². The van der Waals surface area contributed by atoms with Crippen molar-refractivity contribution < 1.29 is 13.9 Å². The Balaban J connectivity index is 1.24. The summed E-state index contributed by atoms with van der Waals surface area (Å²) in [6.45, 7) is 1.99. The summed E-state index contributed by atoms with van der Waals surface area (Å²) in [4.78, 5) is 12.1. The quantitative estimate of drug-likeness (QED) is 0.293. The van der Waals surface area contributed by atoms with Crippen molar-refractivity contribution in [2.45, 2.75) is 23.4 Å². The molecule has 4 aromatic rings. The summed E-state index contributed by atoms with van der Waals surface area (Å²) in [5.74, 6) is 1.78. The molecular formula is C21H19N5O3S2. The highest BCUT2D eigenvalue weighted by Crippen LogP contribution is 2.29. The molecule has 2 heterocycles. The van der Waals surface area contributed by atoms with Crippen molar-refractivity contribution in [2.24, 2.45) is 0 Å². The number of benzene rings is 2. The minimum absolute atomic E-state index is 0.0994. The second-order valence-corrected chi connectivity index (χ2v) is 8.56. The number of aromatic nitrogens is 4. The van der Waals surface area contributed by atoms with E-state index in [4.69, 9.17) is 9.15 Å². The van der Waals surface area contributed by atoms with E-state index in [0.717, 1.165) is 12.0 Å². The number of amides is 1. The molecule has 0 saturated carbocycles. The van der Waals surface area contributed by atoms with Crippen LogP contribution in [0, 0.1) is 0 Å². The van der Waals surface area contributed by atoms with E-state index in [0.29, 0.717) is 32.8 Å². The molecule has 0 aliphatic carbocycles. The van der Waals surface area contributed by atoms with Crippen LogP contribution < -0.4 is 10.1 Å². The predicted molar refractivity (Wildman–Crippen MR) is 119 cm³/mol. The van der Waals surface area contributed by atoms with Crippen molar-refractivity contribution in [1.29, 1.82) is 0 Å². The van der Waals surface area contributed by atoms with Gasteiger partial charge in [-0.2, -0.15) is 0 Å². The van der Waals surface area contributed by atoms with Gasteiger partial charge >= 0.3 is 0 Å². The summed E-state index contributed by atoms with van der Waals surface area (Å²) in [6.07, 6.45) is 0.957. The zero-order valence-electron chi connectivity index (χ0n) is 16.6. The zero-order chi connectivity index (χ0) is 21.5. The van der Waals surface area contributed by atoms with Gasteiger partial charge in [0, 0.05) is 5.56 Å². The average molecular weight is 454 g/mol. The smallest absolute Gasteiger partial charge is 0.264 e. The third kappa shape index (κ3) is 5.89. The van der Waals surface area contributed by atoms with Gasteiger partial charge in [-0.05, 0) is 36.2 Å². The van der Waals surface area contributed by atoms with E-state index >= 15 is 0 Å². The molecule has 1 N–H and O–H groups in total. The second kappa shape index (κ2) is 10.2. The third-order valence-corrected chi connectivity index (χ3v) is 6.12. The molecule has 0 bridgehead atoms. The molecule has 31 heavy (non-hydrogen) atoms. The second-order valence-electron chi connectivity index (χ2n) is 6.36. The summed E-state index contributed by atoms with van der Waals surface area (Å²) in [7, 11) is 0. The summed E-state index contributed by atoms with van der Waals surface area (Å²) in [5.41, 5.74) is 2.09. The molecule has 0 fully saturated rings. The molecule has 0 spiro atoms. The van der Waals surface area contributed by atoms with Crippen molar-refractivity contribution in [2.75, 3.05) is 11.9 Å². The minimum Gasteiger partial charge on any atom is -0.484 e. The summed E-state index contributed by atoms with van der Waals surface area (Å²) >= 11 is 2.68. The summed E-state index contributed by atoms with van der Waals surface area (Å²) in [6, 6.07) is 17.2. The number of hydrogen-bond donors (Lipinski definition) is 1. The van der Waals surface area contributed by atoms with E-state index in [2.05, 4.69) is 32.6 Å². The number of nitrogens with zero attached hydrogens (tertiary/aromatic N) is 4. The van der Waals surface area contributed by atoms with Crippen LogP contribution in [-0.2, 0) is 17.0 Å². The van der Waals surface area contributed by atoms with Crippen molar-refractivity contribution >= 4 is 34.1 Å². The molecule has 1 amide bonds. The largest absolute Gasteiger partial charge is 0.484 e. The average Bonchev–Trinajstić information content (AvgIpc) is 3.47. The van der Waals surface area contributed by atoms with Crippen LogP contribution in [0.2, 0.25) is 0 Å². The van der Waals surface area contributed by atoms with Gasteiger partial charge in [-0.3, -0.25) is 10.1 Å². The molecule has 10 heteroatoms. The highest BCUT2D eigenvalue weighted by molar-refractivity contribution is 8.00. The fourth-order valence-corrected chi connectivity index (χ4v) is 4.18. The number of carbonyl (C=O) groups is 1. The van der Waals surface area contributed by atoms with Crippen LogP contribution in [-0.4, -0.2) is 32.9 Å². The first-order valence-corrected chi connectivity index (χ1v) is 11.4. The molecule has 4 rings (SSSR count). The lowest BCUT2D eigenvalue weighted by atomic mass is 10.2. The predicted octanol–water partition coefficient (Wildman–Crippen LogP) is 4.46. The van der Waals surface area contributed by atoms with Crippen LogP contribution in [0.15, 0.2) is 63.4 Å². The van der Waals surface area contributed by atoms with Crippen LogP contribution in [0.25, 0.3) is 11.5 Å². The Hall–Kier alpha value is -3.24.